The zero-order valence-electron chi connectivity index (χ0n) is 9.13. The number of thiazole rings is 1. The van der Waals surface area contributed by atoms with Gasteiger partial charge in [-0.1, -0.05) is 6.92 Å². The number of rotatable bonds is 4. The number of hydrogen-bond donors (Lipinski definition) is 1. The Kier molecular flexibility index (Phi) is 2.77. The van der Waals surface area contributed by atoms with E-state index in [9.17, 15) is 0 Å². The first kappa shape index (κ1) is 9.97. The highest BCUT2D eigenvalue weighted by Gasteiger charge is 2.30. The van der Waals surface area contributed by atoms with E-state index in [0.717, 1.165) is 11.0 Å². The Morgan fingerprint density at radius 2 is 2.21 bits per heavy atom. The van der Waals surface area contributed by atoms with Crippen LogP contribution in [-0.2, 0) is 0 Å². The fourth-order valence-corrected chi connectivity index (χ4v) is 2.62. The number of hydrogen-bond acceptors (Lipinski definition) is 3. The third-order valence-corrected chi connectivity index (χ3v) is 3.97. The quantitative estimate of drug-likeness (QED) is 0.824. The van der Waals surface area contributed by atoms with E-state index in [-0.39, 0.29) is 0 Å². The summed E-state index contributed by atoms with van der Waals surface area (Å²) in [5, 5.41) is 4.67. The van der Waals surface area contributed by atoms with Crippen molar-refractivity contribution in [2.24, 2.45) is 5.92 Å². The topological polar surface area (TPSA) is 24.9 Å². The molecule has 0 amide bonds. The average molecular weight is 210 g/mol. The van der Waals surface area contributed by atoms with Crippen molar-refractivity contribution in [3.8, 4) is 0 Å². The maximum Gasteiger partial charge on any atom is 0.183 e. The van der Waals surface area contributed by atoms with Crippen molar-refractivity contribution in [3.05, 3.63) is 10.6 Å². The Balaban J connectivity index is 2.01. The molecule has 2 nitrogen and oxygen atoms in total. The van der Waals surface area contributed by atoms with E-state index < -0.39 is 0 Å². The van der Waals surface area contributed by atoms with Gasteiger partial charge < -0.3 is 5.32 Å². The molecule has 0 aliphatic heterocycles. The van der Waals surface area contributed by atoms with Crippen LogP contribution in [0.4, 0.5) is 5.13 Å². The smallest absolute Gasteiger partial charge is 0.183 e. The van der Waals surface area contributed by atoms with Crippen LogP contribution in [0.5, 0.6) is 0 Å². The fourth-order valence-electron chi connectivity index (χ4n) is 1.74. The van der Waals surface area contributed by atoms with Crippen LogP contribution in [-0.4, -0.2) is 11.0 Å². The molecule has 1 aromatic rings. The number of aryl methyl sites for hydroxylation is 2. The highest BCUT2D eigenvalue weighted by atomic mass is 32.1. The van der Waals surface area contributed by atoms with Gasteiger partial charge in [0.25, 0.3) is 0 Å². The van der Waals surface area contributed by atoms with Gasteiger partial charge in [0.05, 0.1) is 5.69 Å². The first-order valence-electron chi connectivity index (χ1n) is 5.41. The van der Waals surface area contributed by atoms with Crippen LogP contribution in [0.1, 0.15) is 36.8 Å². The molecular weight excluding hydrogens is 192 g/mol. The van der Waals surface area contributed by atoms with E-state index in [2.05, 4.69) is 31.1 Å². The molecule has 14 heavy (non-hydrogen) atoms. The van der Waals surface area contributed by atoms with Crippen LogP contribution >= 0.6 is 11.3 Å². The van der Waals surface area contributed by atoms with Crippen molar-refractivity contribution in [1.29, 1.82) is 0 Å². The number of nitrogens with zero attached hydrogens (tertiary/aromatic N) is 1. The van der Waals surface area contributed by atoms with Crippen molar-refractivity contribution in [1.82, 2.24) is 4.98 Å². The van der Waals surface area contributed by atoms with Gasteiger partial charge in [0.1, 0.15) is 0 Å². The third kappa shape index (κ3) is 2.08. The van der Waals surface area contributed by atoms with Crippen molar-refractivity contribution in [3.63, 3.8) is 0 Å². The van der Waals surface area contributed by atoms with Crippen molar-refractivity contribution in [2.75, 3.05) is 5.32 Å². The van der Waals surface area contributed by atoms with E-state index in [4.69, 9.17) is 0 Å². The van der Waals surface area contributed by atoms with Gasteiger partial charge in [-0.2, -0.15) is 0 Å². The van der Waals surface area contributed by atoms with E-state index in [1.165, 1.54) is 29.8 Å². The van der Waals surface area contributed by atoms with E-state index in [1.807, 2.05) is 0 Å². The molecule has 1 aromatic heterocycles. The average Bonchev–Trinajstić information content (AvgIpc) is 2.92. The molecule has 2 rings (SSSR count). The van der Waals surface area contributed by atoms with Crippen molar-refractivity contribution in [2.45, 2.75) is 46.1 Å². The molecule has 0 aromatic carbocycles. The number of nitrogens with one attached hydrogen (secondary N) is 1. The second-order valence-corrected chi connectivity index (χ2v) is 5.36. The molecule has 78 valence electrons. The molecule has 0 radical (unpaired) electrons. The monoisotopic (exact) mass is 210 g/mol. The molecule has 1 aliphatic carbocycles. The van der Waals surface area contributed by atoms with Gasteiger partial charge in [-0.05, 0) is 39.0 Å². The number of aromatic nitrogens is 1. The summed E-state index contributed by atoms with van der Waals surface area (Å²) in [6.45, 7) is 6.47. The lowest BCUT2D eigenvalue weighted by Gasteiger charge is -2.14. The molecule has 0 spiro atoms. The molecule has 1 heterocycles. The third-order valence-electron chi connectivity index (χ3n) is 2.97. The number of anilines is 1. The van der Waals surface area contributed by atoms with Crippen LogP contribution in [0.3, 0.4) is 0 Å². The molecule has 1 aliphatic rings. The molecular formula is C11H18N2S. The Hall–Kier alpha value is -0.570. The summed E-state index contributed by atoms with van der Waals surface area (Å²) in [7, 11) is 0. The van der Waals surface area contributed by atoms with Gasteiger partial charge in [-0.15, -0.1) is 11.3 Å². The second-order valence-electron chi connectivity index (χ2n) is 4.16. The molecule has 3 heteroatoms. The van der Waals surface area contributed by atoms with E-state index in [0.29, 0.717) is 6.04 Å². The zero-order chi connectivity index (χ0) is 10.1. The molecule has 1 N–H and O–H groups in total. The van der Waals surface area contributed by atoms with E-state index >= 15 is 0 Å². The Labute approximate surface area is 89.8 Å². The van der Waals surface area contributed by atoms with Crippen LogP contribution in [0.15, 0.2) is 0 Å². The van der Waals surface area contributed by atoms with Gasteiger partial charge >= 0.3 is 0 Å². The van der Waals surface area contributed by atoms with Crippen LogP contribution in [0.2, 0.25) is 0 Å². The van der Waals surface area contributed by atoms with Gasteiger partial charge in [0.2, 0.25) is 0 Å². The summed E-state index contributed by atoms with van der Waals surface area (Å²) in [5.74, 6) is 0.907. The van der Waals surface area contributed by atoms with Crippen LogP contribution < -0.4 is 5.32 Å². The molecule has 1 fully saturated rings. The molecule has 0 saturated heterocycles. The van der Waals surface area contributed by atoms with Crippen molar-refractivity contribution >= 4 is 16.5 Å². The summed E-state index contributed by atoms with van der Waals surface area (Å²) >= 11 is 1.78. The minimum Gasteiger partial charge on any atom is -0.359 e. The summed E-state index contributed by atoms with van der Waals surface area (Å²) in [6.07, 6.45) is 4.01. The minimum absolute atomic E-state index is 0.653. The summed E-state index contributed by atoms with van der Waals surface area (Å²) in [6, 6.07) is 0.653. The fraction of sp³-hybridized carbons (Fsp3) is 0.727. The minimum atomic E-state index is 0.653. The summed E-state index contributed by atoms with van der Waals surface area (Å²) < 4.78 is 0. The van der Waals surface area contributed by atoms with Crippen molar-refractivity contribution < 1.29 is 0 Å². The van der Waals surface area contributed by atoms with Gasteiger partial charge in [-0.3, -0.25) is 0 Å². The standard InChI is InChI=1S/C11H18N2S/c1-4-10(9-5-6-9)13-11-12-7(2)8(3)14-11/h9-10H,4-6H2,1-3H3,(H,12,13). The SMILES string of the molecule is CCC(Nc1nc(C)c(C)s1)C1CC1. The Morgan fingerprint density at radius 1 is 1.50 bits per heavy atom. The molecule has 1 atom stereocenters. The molecule has 1 unspecified atom stereocenters. The lowest BCUT2D eigenvalue weighted by atomic mass is 10.1. The zero-order valence-corrected chi connectivity index (χ0v) is 9.95. The van der Waals surface area contributed by atoms with Crippen LogP contribution in [0, 0.1) is 19.8 Å². The summed E-state index contributed by atoms with van der Waals surface area (Å²) in [5.41, 5.74) is 1.17. The first-order valence-corrected chi connectivity index (χ1v) is 6.23. The lowest BCUT2D eigenvalue weighted by Crippen LogP contribution is -2.20. The Bertz CT molecular complexity index is 296. The molecule has 1 saturated carbocycles. The first-order chi connectivity index (χ1) is 6.70. The van der Waals surface area contributed by atoms with Gasteiger partial charge in [0, 0.05) is 10.9 Å². The highest BCUT2D eigenvalue weighted by molar-refractivity contribution is 7.15. The molecule has 0 bridgehead atoms. The predicted octanol–water partition coefficient (Wildman–Crippen LogP) is 3.36. The highest BCUT2D eigenvalue weighted by Crippen LogP contribution is 2.36. The predicted molar refractivity (Wildman–Crippen MR) is 62.0 cm³/mol. The maximum absolute atomic E-state index is 4.52. The summed E-state index contributed by atoms with van der Waals surface area (Å²) in [4.78, 5) is 5.85. The lowest BCUT2D eigenvalue weighted by molar-refractivity contribution is 0.616. The van der Waals surface area contributed by atoms with Crippen LogP contribution in [0.25, 0.3) is 0 Å². The second kappa shape index (κ2) is 3.89. The maximum atomic E-state index is 4.52. The van der Waals surface area contributed by atoms with Gasteiger partial charge in [0.15, 0.2) is 5.13 Å². The largest absolute Gasteiger partial charge is 0.359 e. The van der Waals surface area contributed by atoms with Gasteiger partial charge in [-0.25, -0.2) is 4.98 Å². The normalized spacial score (nSPS) is 18.2. The Morgan fingerprint density at radius 3 is 2.64 bits per heavy atom. The van der Waals surface area contributed by atoms with E-state index in [1.54, 1.807) is 11.3 Å².